The molecule has 20 heavy (non-hydrogen) atoms. The first-order valence-corrected chi connectivity index (χ1v) is 7.02. The van der Waals surface area contributed by atoms with Crippen LogP contribution in [-0.2, 0) is 13.0 Å². The molecule has 1 aromatic heterocycles. The van der Waals surface area contributed by atoms with Crippen molar-refractivity contribution in [1.29, 1.82) is 0 Å². The molecule has 2 aromatic rings. The summed E-state index contributed by atoms with van der Waals surface area (Å²) >= 11 is 5.05. The van der Waals surface area contributed by atoms with Crippen molar-refractivity contribution in [2.75, 3.05) is 6.79 Å². The summed E-state index contributed by atoms with van der Waals surface area (Å²) in [7, 11) is 0. The highest BCUT2D eigenvalue weighted by Crippen LogP contribution is 2.36. The number of hydrogen-bond donors (Lipinski definition) is 1. The van der Waals surface area contributed by atoms with Gasteiger partial charge in [0.25, 0.3) is 0 Å². The van der Waals surface area contributed by atoms with E-state index in [-0.39, 0.29) is 6.79 Å². The number of imidazole rings is 1. The van der Waals surface area contributed by atoms with Crippen molar-refractivity contribution in [2.45, 2.75) is 26.8 Å². The third-order valence-electron chi connectivity index (χ3n) is 3.23. The van der Waals surface area contributed by atoms with Crippen LogP contribution in [0, 0.1) is 5.92 Å². The standard InChI is InChI=1S/C14H17N3O2S/c1-8(2)3-14-16-9-4-11-12(19-7-18-11)5-10(9)17(14)6-13(15)20/h4-5,8H,3,6-7H2,1-2H3,(H2,15,20). The average molecular weight is 291 g/mol. The molecule has 0 fully saturated rings. The zero-order chi connectivity index (χ0) is 14.3. The van der Waals surface area contributed by atoms with E-state index >= 15 is 0 Å². The van der Waals surface area contributed by atoms with Crippen molar-refractivity contribution in [1.82, 2.24) is 9.55 Å². The van der Waals surface area contributed by atoms with Crippen molar-refractivity contribution in [3.8, 4) is 11.5 Å². The minimum absolute atomic E-state index is 0.260. The number of nitrogens with zero attached hydrogens (tertiary/aromatic N) is 2. The fraction of sp³-hybridized carbons (Fsp3) is 0.429. The topological polar surface area (TPSA) is 62.3 Å². The molecule has 0 saturated heterocycles. The summed E-state index contributed by atoms with van der Waals surface area (Å²) in [5.41, 5.74) is 7.59. The molecule has 2 N–H and O–H groups in total. The minimum atomic E-state index is 0.260. The highest BCUT2D eigenvalue weighted by atomic mass is 32.1. The number of fused-ring (bicyclic) bond motifs is 2. The number of hydrogen-bond acceptors (Lipinski definition) is 4. The Morgan fingerprint density at radius 2 is 2.10 bits per heavy atom. The molecule has 0 unspecified atom stereocenters. The average Bonchev–Trinajstić information content (AvgIpc) is 2.91. The molecule has 0 aliphatic carbocycles. The number of benzene rings is 1. The number of aromatic nitrogens is 2. The number of ether oxygens (including phenoxy) is 2. The molecule has 1 aliphatic rings. The molecule has 0 bridgehead atoms. The Morgan fingerprint density at radius 1 is 1.40 bits per heavy atom. The number of thiocarbonyl (C=S) groups is 1. The largest absolute Gasteiger partial charge is 0.454 e. The van der Waals surface area contributed by atoms with Crippen molar-refractivity contribution < 1.29 is 9.47 Å². The molecule has 6 heteroatoms. The van der Waals surface area contributed by atoms with Gasteiger partial charge in [-0.1, -0.05) is 26.1 Å². The van der Waals surface area contributed by atoms with Crippen LogP contribution in [0.4, 0.5) is 0 Å². The van der Waals surface area contributed by atoms with E-state index < -0.39 is 0 Å². The monoisotopic (exact) mass is 291 g/mol. The predicted molar refractivity (Wildman–Crippen MR) is 81.2 cm³/mol. The van der Waals surface area contributed by atoms with Crippen molar-refractivity contribution in [3.05, 3.63) is 18.0 Å². The van der Waals surface area contributed by atoms with E-state index in [1.165, 1.54) is 0 Å². The van der Waals surface area contributed by atoms with Crippen molar-refractivity contribution in [3.63, 3.8) is 0 Å². The lowest BCUT2D eigenvalue weighted by molar-refractivity contribution is 0.174. The third kappa shape index (κ3) is 2.31. The molecule has 1 aliphatic heterocycles. The van der Waals surface area contributed by atoms with Crippen LogP contribution in [0.15, 0.2) is 12.1 Å². The fourth-order valence-corrected chi connectivity index (χ4v) is 2.55. The van der Waals surface area contributed by atoms with Gasteiger partial charge < -0.3 is 19.8 Å². The summed E-state index contributed by atoms with van der Waals surface area (Å²) in [5.74, 6) is 2.99. The van der Waals surface area contributed by atoms with Gasteiger partial charge in [-0.25, -0.2) is 4.98 Å². The fourth-order valence-electron chi connectivity index (χ4n) is 2.42. The van der Waals surface area contributed by atoms with Crippen LogP contribution in [0.1, 0.15) is 19.7 Å². The van der Waals surface area contributed by atoms with Crippen LogP contribution in [0.25, 0.3) is 11.0 Å². The highest BCUT2D eigenvalue weighted by molar-refractivity contribution is 7.80. The Kier molecular flexibility index (Phi) is 3.25. The van der Waals surface area contributed by atoms with Crippen molar-refractivity contribution >= 4 is 28.2 Å². The summed E-state index contributed by atoms with van der Waals surface area (Å²) < 4.78 is 12.9. The summed E-state index contributed by atoms with van der Waals surface area (Å²) in [6, 6.07) is 3.87. The maximum Gasteiger partial charge on any atom is 0.231 e. The first-order chi connectivity index (χ1) is 9.54. The number of nitrogens with two attached hydrogens (primary N) is 1. The van der Waals surface area contributed by atoms with Gasteiger partial charge in [0.05, 0.1) is 22.6 Å². The van der Waals surface area contributed by atoms with Crippen LogP contribution in [-0.4, -0.2) is 21.3 Å². The molecular formula is C14H17N3O2S. The molecule has 0 spiro atoms. The summed E-state index contributed by atoms with van der Waals surface area (Å²) in [4.78, 5) is 5.15. The first-order valence-electron chi connectivity index (χ1n) is 6.61. The van der Waals surface area contributed by atoms with Gasteiger partial charge in [0.1, 0.15) is 5.82 Å². The molecule has 1 aromatic carbocycles. The lowest BCUT2D eigenvalue weighted by Crippen LogP contribution is -2.19. The van der Waals surface area contributed by atoms with Crippen LogP contribution < -0.4 is 15.2 Å². The van der Waals surface area contributed by atoms with E-state index in [2.05, 4.69) is 18.4 Å². The van der Waals surface area contributed by atoms with Gasteiger partial charge in [0, 0.05) is 18.6 Å². The van der Waals surface area contributed by atoms with Gasteiger partial charge in [-0.3, -0.25) is 0 Å². The molecule has 5 nitrogen and oxygen atoms in total. The second kappa shape index (κ2) is 4.94. The van der Waals surface area contributed by atoms with Gasteiger partial charge in [0.15, 0.2) is 11.5 Å². The lowest BCUT2D eigenvalue weighted by atomic mass is 10.1. The van der Waals surface area contributed by atoms with E-state index in [9.17, 15) is 0 Å². The maximum atomic E-state index is 5.71. The van der Waals surface area contributed by atoms with Gasteiger partial charge in [-0.05, 0) is 5.92 Å². The summed E-state index contributed by atoms with van der Waals surface area (Å²) in [6.07, 6.45) is 0.879. The molecular weight excluding hydrogens is 274 g/mol. The second-order valence-corrected chi connectivity index (χ2v) is 5.90. The maximum absolute atomic E-state index is 5.71. The van der Waals surface area contributed by atoms with E-state index in [1.54, 1.807) is 0 Å². The molecule has 2 heterocycles. The molecule has 0 saturated carbocycles. The highest BCUT2D eigenvalue weighted by Gasteiger charge is 2.19. The SMILES string of the molecule is CC(C)Cc1nc2cc3c(cc2n1CC(N)=S)OCO3. The van der Waals surface area contributed by atoms with E-state index in [0.29, 0.717) is 17.5 Å². The van der Waals surface area contributed by atoms with Crippen molar-refractivity contribution in [2.24, 2.45) is 11.7 Å². The second-order valence-electron chi connectivity index (χ2n) is 5.37. The Bertz CT molecular complexity index is 679. The van der Waals surface area contributed by atoms with Gasteiger partial charge in [0.2, 0.25) is 6.79 Å². The molecule has 106 valence electrons. The van der Waals surface area contributed by atoms with Crippen LogP contribution in [0.2, 0.25) is 0 Å². The lowest BCUT2D eigenvalue weighted by Gasteiger charge is -2.09. The smallest absolute Gasteiger partial charge is 0.231 e. The molecule has 3 rings (SSSR count). The summed E-state index contributed by atoms with van der Waals surface area (Å²) in [5, 5.41) is 0. The zero-order valence-corrected chi connectivity index (χ0v) is 12.4. The van der Waals surface area contributed by atoms with Crippen LogP contribution in [0.3, 0.4) is 0 Å². The summed E-state index contributed by atoms with van der Waals surface area (Å²) in [6.45, 7) is 5.08. The Hall–Kier alpha value is -1.82. The quantitative estimate of drug-likeness (QED) is 0.875. The van der Waals surface area contributed by atoms with E-state index in [0.717, 1.165) is 34.8 Å². The molecule has 0 amide bonds. The zero-order valence-electron chi connectivity index (χ0n) is 11.5. The van der Waals surface area contributed by atoms with Crippen LogP contribution >= 0.6 is 12.2 Å². The van der Waals surface area contributed by atoms with Gasteiger partial charge >= 0.3 is 0 Å². The Balaban J connectivity index is 2.15. The molecule has 0 radical (unpaired) electrons. The Labute approximate surface area is 122 Å². The van der Waals surface area contributed by atoms with Gasteiger partial charge in [-0.15, -0.1) is 0 Å². The molecule has 0 atom stereocenters. The predicted octanol–water partition coefficient (Wildman–Crippen LogP) is 2.25. The normalized spacial score (nSPS) is 13.3. The van der Waals surface area contributed by atoms with E-state index in [1.807, 2.05) is 12.1 Å². The first kappa shape index (κ1) is 13.2. The third-order valence-corrected chi connectivity index (χ3v) is 3.36. The van der Waals surface area contributed by atoms with Gasteiger partial charge in [-0.2, -0.15) is 0 Å². The minimum Gasteiger partial charge on any atom is -0.454 e. The Morgan fingerprint density at radius 3 is 2.75 bits per heavy atom. The van der Waals surface area contributed by atoms with E-state index in [4.69, 9.17) is 32.4 Å². The number of rotatable bonds is 4. The van der Waals surface area contributed by atoms with Crippen LogP contribution in [0.5, 0.6) is 11.5 Å².